The van der Waals surface area contributed by atoms with Crippen molar-refractivity contribution in [3.05, 3.63) is 66.6 Å². The van der Waals surface area contributed by atoms with E-state index in [0.29, 0.717) is 17.7 Å². The van der Waals surface area contributed by atoms with Crippen molar-refractivity contribution in [1.82, 2.24) is 4.98 Å². The lowest BCUT2D eigenvalue weighted by atomic mass is 10.1. The van der Waals surface area contributed by atoms with E-state index in [1.165, 1.54) is 0 Å². The van der Waals surface area contributed by atoms with Gasteiger partial charge in [0.1, 0.15) is 17.7 Å². The number of benzene rings is 2. The van der Waals surface area contributed by atoms with Crippen LogP contribution >= 0.6 is 0 Å². The first-order valence-electron chi connectivity index (χ1n) is 7.10. The summed E-state index contributed by atoms with van der Waals surface area (Å²) in [7, 11) is 0. The zero-order chi connectivity index (χ0) is 16.1. The van der Waals surface area contributed by atoms with Gasteiger partial charge in [0.2, 0.25) is 5.89 Å². The predicted octanol–water partition coefficient (Wildman–Crippen LogP) is 3.78. The number of nitrogens with zero attached hydrogens (tertiary/aromatic N) is 2. The molecule has 0 aliphatic carbocycles. The highest BCUT2D eigenvalue weighted by Crippen LogP contribution is 2.32. The molecule has 0 aliphatic rings. The zero-order valence-electron chi connectivity index (χ0n) is 12.2. The molecule has 0 atom stereocenters. The van der Waals surface area contributed by atoms with Crippen LogP contribution in [0.1, 0.15) is 12.3 Å². The molecular formula is C18H14N2O3. The van der Waals surface area contributed by atoms with Crippen LogP contribution in [0.25, 0.3) is 22.6 Å². The van der Waals surface area contributed by atoms with Crippen molar-refractivity contribution < 1.29 is 14.4 Å². The van der Waals surface area contributed by atoms with Crippen molar-refractivity contribution in [3.8, 4) is 22.6 Å². The Morgan fingerprint density at radius 2 is 1.65 bits per heavy atom. The third-order valence-electron chi connectivity index (χ3n) is 3.35. The second kappa shape index (κ2) is 6.70. The number of aromatic nitrogens is 1. The molecule has 5 nitrogen and oxygen atoms in total. The maximum atomic E-state index is 10.7. The van der Waals surface area contributed by atoms with E-state index in [1.807, 2.05) is 60.7 Å². The lowest BCUT2D eigenvalue weighted by Crippen LogP contribution is -2.02. The average Bonchev–Trinajstić information content (AvgIpc) is 3.06. The minimum absolute atomic E-state index is 0.0700. The molecule has 3 aromatic rings. The third-order valence-corrected chi connectivity index (χ3v) is 3.35. The quantitative estimate of drug-likeness (QED) is 0.337. The molecule has 2 aromatic carbocycles. The molecule has 0 saturated carbocycles. The van der Waals surface area contributed by atoms with Crippen LogP contribution in [0.4, 0.5) is 0 Å². The molecule has 1 N–H and O–H groups in total. The minimum atomic E-state index is -0.0700. The molecule has 23 heavy (non-hydrogen) atoms. The van der Waals surface area contributed by atoms with Crippen molar-refractivity contribution in [3.63, 3.8) is 0 Å². The van der Waals surface area contributed by atoms with E-state index < -0.39 is 0 Å². The molecule has 0 unspecified atom stereocenters. The number of oxazole rings is 1. The summed E-state index contributed by atoms with van der Waals surface area (Å²) in [4.78, 5) is 15.1. The van der Waals surface area contributed by atoms with E-state index in [1.54, 1.807) is 0 Å². The topological polar surface area (TPSA) is 75.7 Å². The lowest BCUT2D eigenvalue weighted by Gasteiger charge is -2.00. The largest absolute Gasteiger partial charge is 0.434 e. The molecule has 1 heterocycles. The van der Waals surface area contributed by atoms with E-state index in [-0.39, 0.29) is 18.0 Å². The van der Waals surface area contributed by atoms with Crippen molar-refractivity contribution in [2.45, 2.75) is 6.42 Å². The summed E-state index contributed by atoms with van der Waals surface area (Å²) in [6.07, 6.45) is 0.573. The first kappa shape index (κ1) is 14.7. The Hall–Kier alpha value is -3.21. The first-order valence-corrected chi connectivity index (χ1v) is 7.10. The Bertz CT molecular complexity index is 767. The van der Waals surface area contributed by atoms with Gasteiger partial charge in [-0.05, 0) is 0 Å². The smallest absolute Gasteiger partial charge is 0.245 e. The van der Waals surface area contributed by atoms with E-state index in [0.717, 1.165) is 11.1 Å². The standard InChI is InChI=1S/C18H14N2O3/c21-12-11-15(20-22)18-19-16(13-7-3-1-4-8-13)17(23-18)14-9-5-2-6-10-14/h1-10,12,22H,11H2. The molecule has 114 valence electrons. The van der Waals surface area contributed by atoms with Crippen LogP contribution in [0.2, 0.25) is 0 Å². The van der Waals surface area contributed by atoms with Gasteiger partial charge in [-0.15, -0.1) is 0 Å². The summed E-state index contributed by atoms with van der Waals surface area (Å²) in [5.41, 5.74) is 2.47. The highest BCUT2D eigenvalue weighted by molar-refractivity contribution is 6.04. The van der Waals surface area contributed by atoms with E-state index >= 15 is 0 Å². The fraction of sp³-hybridized carbons (Fsp3) is 0.0556. The molecule has 1 aromatic heterocycles. The molecule has 0 bridgehead atoms. The van der Waals surface area contributed by atoms with E-state index in [4.69, 9.17) is 9.62 Å². The fourth-order valence-electron chi connectivity index (χ4n) is 2.27. The highest BCUT2D eigenvalue weighted by Gasteiger charge is 2.20. The van der Waals surface area contributed by atoms with Crippen molar-refractivity contribution >= 4 is 12.0 Å². The molecule has 3 rings (SSSR count). The van der Waals surface area contributed by atoms with Gasteiger partial charge in [0.15, 0.2) is 5.76 Å². The molecule has 0 amide bonds. The molecular weight excluding hydrogens is 292 g/mol. The normalized spacial score (nSPS) is 11.4. The van der Waals surface area contributed by atoms with Gasteiger partial charge in [-0.25, -0.2) is 4.98 Å². The Balaban J connectivity index is 2.17. The van der Waals surface area contributed by atoms with Gasteiger partial charge in [-0.2, -0.15) is 0 Å². The van der Waals surface area contributed by atoms with Crippen LogP contribution < -0.4 is 0 Å². The predicted molar refractivity (Wildman–Crippen MR) is 86.4 cm³/mol. The Morgan fingerprint density at radius 1 is 1.04 bits per heavy atom. The molecule has 0 spiro atoms. The number of hydrogen-bond acceptors (Lipinski definition) is 5. The van der Waals surface area contributed by atoms with Crippen LogP contribution in [0.15, 0.2) is 70.2 Å². The van der Waals surface area contributed by atoms with Crippen molar-refractivity contribution in [1.29, 1.82) is 0 Å². The van der Waals surface area contributed by atoms with Crippen LogP contribution in [0.5, 0.6) is 0 Å². The number of carbonyl (C=O) groups is 1. The maximum Gasteiger partial charge on any atom is 0.245 e. The van der Waals surface area contributed by atoms with Crippen molar-refractivity contribution in [2.75, 3.05) is 0 Å². The van der Waals surface area contributed by atoms with Crippen molar-refractivity contribution in [2.24, 2.45) is 5.16 Å². The van der Waals surface area contributed by atoms with Crippen LogP contribution in [-0.2, 0) is 4.79 Å². The molecule has 0 saturated heterocycles. The summed E-state index contributed by atoms with van der Waals surface area (Å²) in [6.45, 7) is 0. The molecule has 0 fully saturated rings. The molecule has 0 aliphatic heterocycles. The summed E-state index contributed by atoms with van der Waals surface area (Å²) < 4.78 is 5.80. The highest BCUT2D eigenvalue weighted by atomic mass is 16.4. The average molecular weight is 306 g/mol. The number of oxime groups is 1. The summed E-state index contributed by atoms with van der Waals surface area (Å²) in [5, 5.41) is 12.2. The van der Waals surface area contributed by atoms with Crippen LogP contribution in [0, 0.1) is 0 Å². The number of hydrogen-bond donors (Lipinski definition) is 1. The summed E-state index contributed by atoms with van der Waals surface area (Å²) in [6, 6.07) is 19.1. The Kier molecular flexibility index (Phi) is 4.29. The van der Waals surface area contributed by atoms with Crippen LogP contribution in [-0.4, -0.2) is 22.2 Å². The van der Waals surface area contributed by atoms with Gasteiger partial charge in [0, 0.05) is 11.1 Å². The summed E-state index contributed by atoms with van der Waals surface area (Å²) in [5.74, 6) is 0.705. The van der Waals surface area contributed by atoms with E-state index in [2.05, 4.69) is 10.1 Å². The fourth-order valence-corrected chi connectivity index (χ4v) is 2.27. The molecule has 0 radical (unpaired) electrons. The first-order chi connectivity index (χ1) is 11.3. The summed E-state index contributed by atoms with van der Waals surface area (Å²) >= 11 is 0. The number of rotatable bonds is 5. The van der Waals surface area contributed by atoms with Gasteiger partial charge in [-0.3, -0.25) is 0 Å². The van der Waals surface area contributed by atoms with Gasteiger partial charge in [0.25, 0.3) is 0 Å². The zero-order valence-corrected chi connectivity index (χ0v) is 12.2. The van der Waals surface area contributed by atoms with Gasteiger partial charge in [0.05, 0.1) is 6.42 Å². The maximum absolute atomic E-state index is 10.7. The lowest BCUT2D eigenvalue weighted by molar-refractivity contribution is -0.106. The SMILES string of the molecule is O=CCC(=NO)c1nc(-c2ccccc2)c(-c2ccccc2)o1. The van der Waals surface area contributed by atoms with Gasteiger partial charge >= 0.3 is 0 Å². The Labute approximate surface area is 132 Å². The second-order valence-corrected chi connectivity index (χ2v) is 4.85. The minimum Gasteiger partial charge on any atom is -0.434 e. The van der Waals surface area contributed by atoms with Gasteiger partial charge < -0.3 is 14.4 Å². The third kappa shape index (κ3) is 3.03. The van der Waals surface area contributed by atoms with Crippen LogP contribution in [0.3, 0.4) is 0 Å². The van der Waals surface area contributed by atoms with E-state index in [9.17, 15) is 4.79 Å². The number of aldehydes is 1. The second-order valence-electron chi connectivity index (χ2n) is 4.85. The number of carbonyl (C=O) groups excluding carboxylic acids is 1. The molecule has 5 heteroatoms. The Morgan fingerprint density at radius 3 is 2.22 bits per heavy atom. The van der Waals surface area contributed by atoms with Gasteiger partial charge in [-0.1, -0.05) is 65.8 Å². The monoisotopic (exact) mass is 306 g/mol.